The molecule has 0 aliphatic rings. The average molecular weight is 386 g/mol. The van der Waals surface area contributed by atoms with Gasteiger partial charge >= 0.3 is 6.18 Å². The Labute approximate surface area is 153 Å². The standard InChI is InChI=1S/C18H21F3N2O2S/c1-6-11-8-10(3)9-12(7-2)13(11)14-15(26(5)25)16(18(19,20)21)22-23(4)17(14)24/h8-9H,6-7H2,1-5H3. The fourth-order valence-electron chi connectivity index (χ4n) is 3.12. The Morgan fingerprint density at radius 3 is 2.04 bits per heavy atom. The van der Waals surface area contributed by atoms with Crippen molar-refractivity contribution in [2.75, 3.05) is 6.26 Å². The largest absolute Gasteiger partial charge is 0.612 e. The molecule has 1 heterocycles. The summed E-state index contributed by atoms with van der Waals surface area (Å²) in [4.78, 5) is 12.2. The van der Waals surface area contributed by atoms with Gasteiger partial charge in [0, 0.05) is 7.05 Å². The minimum Gasteiger partial charge on any atom is -0.612 e. The maximum atomic E-state index is 13.5. The van der Waals surface area contributed by atoms with Gasteiger partial charge < -0.3 is 4.55 Å². The lowest BCUT2D eigenvalue weighted by Crippen LogP contribution is -2.30. The number of nitrogens with zero attached hydrogens (tertiary/aromatic N) is 2. The van der Waals surface area contributed by atoms with Gasteiger partial charge in [0.05, 0.1) is 0 Å². The summed E-state index contributed by atoms with van der Waals surface area (Å²) in [7, 11) is 1.18. The van der Waals surface area contributed by atoms with E-state index in [2.05, 4.69) is 5.10 Å². The van der Waals surface area contributed by atoms with Crippen molar-refractivity contribution in [3.05, 3.63) is 44.9 Å². The first kappa shape index (κ1) is 20.5. The lowest BCUT2D eigenvalue weighted by Gasteiger charge is -2.20. The highest BCUT2D eigenvalue weighted by atomic mass is 32.2. The van der Waals surface area contributed by atoms with Gasteiger partial charge in [0.2, 0.25) is 5.69 Å². The van der Waals surface area contributed by atoms with E-state index in [4.69, 9.17) is 0 Å². The van der Waals surface area contributed by atoms with Crippen molar-refractivity contribution in [2.24, 2.45) is 7.05 Å². The highest BCUT2D eigenvalue weighted by molar-refractivity contribution is 7.90. The molecule has 0 fully saturated rings. The van der Waals surface area contributed by atoms with E-state index in [1.54, 1.807) is 0 Å². The molecule has 0 amide bonds. The quantitative estimate of drug-likeness (QED) is 0.754. The molecule has 0 saturated heterocycles. The molecule has 0 saturated carbocycles. The summed E-state index contributed by atoms with van der Waals surface area (Å²) < 4.78 is 53.5. The van der Waals surface area contributed by atoms with E-state index < -0.39 is 33.5 Å². The van der Waals surface area contributed by atoms with Gasteiger partial charge in [-0.25, -0.2) is 4.68 Å². The molecular weight excluding hydrogens is 365 g/mol. The molecule has 0 bridgehead atoms. The molecule has 1 aromatic carbocycles. The van der Waals surface area contributed by atoms with Crippen molar-refractivity contribution in [1.82, 2.24) is 9.78 Å². The van der Waals surface area contributed by atoms with Gasteiger partial charge in [-0.15, -0.1) is 0 Å². The summed E-state index contributed by atoms with van der Waals surface area (Å²) in [5.41, 5.74) is 0.790. The van der Waals surface area contributed by atoms with E-state index in [-0.39, 0.29) is 5.56 Å². The van der Waals surface area contributed by atoms with Crippen molar-refractivity contribution in [1.29, 1.82) is 0 Å². The maximum absolute atomic E-state index is 13.5. The molecular formula is C18H21F3N2O2S. The third kappa shape index (κ3) is 3.66. The van der Waals surface area contributed by atoms with Crippen LogP contribution in [-0.2, 0) is 37.2 Å². The van der Waals surface area contributed by atoms with Gasteiger partial charge in [-0.2, -0.15) is 18.3 Å². The average Bonchev–Trinajstić information content (AvgIpc) is 2.54. The van der Waals surface area contributed by atoms with Gasteiger partial charge in [0.1, 0.15) is 11.8 Å². The van der Waals surface area contributed by atoms with Crippen molar-refractivity contribution in [3.63, 3.8) is 0 Å². The van der Waals surface area contributed by atoms with Crippen LogP contribution < -0.4 is 5.56 Å². The Bertz CT molecular complexity index is 864. The van der Waals surface area contributed by atoms with Gasteiger partial charge in [-0.05, 0) is 47.6 Å². The number of aromatic nitrogens is 2. The molecule has 1 unspecified atom stereocenters. The molecule has 0 aliphatic heterocycles. The summed E-state index contributed by atoms with van der Waals surface area (Å²) in [6.07, 6.45) is -2.61. The zero-order valence-electron chi connectivity index (χ0n) is 15.3. The van der Waals surface area contributed by atoms with Gasteiger partial charge in [-0.3, -0.25) is 4.79 Å². The number of rotatable bonds is 4. The Morgan fingerprint density at radius 1 is 1.15 bits per heavy atom. The maximum Gasteiger partial charge on any atom is 0.440 e. The number of halogens is 3. The van der Waals surface area contributed by atoms with Gasteiger partial charge in [0.15, 0.2) is 4.90 Å². The monoisotopic (exact) mass is 386 g/mol. The van der Waals surface area contributed by atoms with Crippen LogP contribution in [0.1, 0.15) is 36.2 Å². The Hall–Kier alpha value is -1.80. The summed E-state index contributed by atoms with van der Waals surface area (Å²) in [5, 5.41) is 3.37. The van der Waals surface area contributed by atoms with Crippen molar-refractivity contribution >= 4 is 11.2 Å². The minimum absolute atomic E-state index is 0.163. The second kappa shape index (κ2) is 7.44. The van der Waals surface area contributed by atoms with Crippen molar-refractivity contribution < 1.29 is 17.7 Å². The molecule has 0 radical (unpaired) electrons. The Balaban J connectivity index is 3.09. The van der Waals surface area contributed by atoms with E-state index >= 15 is 0 Å². The third-order valence-electron chi connectivity index (χ3n) is 4.21. The molecule has 4 nitrogen and oxygen atoms in total. The first-order valence-electron chi connectivity index (χ1n) is 8.17. The van der Waals surface area contributed by atoms with Crippen LogP contribution in [0, 0.1) is 6.92 Å². The predicted molar refractivity (Wildman–Crippen MR) is 95.7 cm³/mol. The van der Waals surface area contributed by atoms with E-state index in [1.165, 1.54) is 7.05 Å². The van der Waals surface area contributed by atoms with E-state index in [0.29, 0.717) is 23.1 Å². The Kier molecular flexibility index (Phi) is 5.87. The molecule has 26 heavy (non-hydrogen) atoms. The SMILES string of the molecule is CCc1cc(C)cc(CC)c1-c1c([S+](C)[O-])c(C(F)(F)F)nn(C)c1=O. The van der Waals surface area contributed by atoms with Gasteiger partial charge in [-0.1, -0.05) is 31.5 Å². The van der Waals surface area contributed by atoms with Crippen molar-refractivity contribution in [2.45, 2.75) is 44.7 Å². The second-order valence-electron chi connectivity index (χ2n) is 6.10. The lowest BCUT2D eigenvalue weighted by molar-refractivity contribution is -0.144. The Morgan fingerprint density at radius 2 is 1.65 bits per heavy atom. The smallest absolute Gasteiger partial charge is 0.440 e. The zero-order chi connectivity index (χ0) is 19.8. The zero-order valence-corrected chi connectivity index (χ0v) is 16.1. The molecule has 142 valence electrons. The normalized spacial score (nSPS) is 13.1. The van der Waals surface area contributed by atoms with Crippen LogP contribution in [0.2, 0.25) is 0 Å². The van der Waals surface area contributed by atoms with Crippen LogP contribution >= 0.6 is 0 Å². The number of hydrogen-bond donors (Lipinski definition) is 0. The molecule has 0 spiro atoms. The molecule has 8 heteroatoms. The highest BCUT2D eigenvalue weighted by Crippen LogP contribution is 2.38. The first-order chi connectivity index (χ1) is 12.0. The van der Waals surface area contributed by atoms with Crippen LogP contribution in [0.4, 0.5) is 13.2 Å². The van der Waals surface area contributed by atoms with Gasteiger partial charge in [0.25, 0.3) is 5.56 Å². The minimum atomic E-state index is -4.81. The van der Waals surface area contributed by atoms with Crippen LogP contribution in [0.25, 0.3) is 11.1 Å². The lowest BCUT2D eigenvalue weighted by atomic mass is 9.90. The number of alkyl halides is 3. The molecule has 1 aromatic heterocycles. The fourth-order valence-corrected chi connectivity index (χ4v) is 4.03. The number of aryl methyl sites for hydroxylation is 4. The highest BCUT2D eigenvalue weighted by Gasteiger charge is 2.43. The molecule has 0 aliphatic carbocycles. The van der Waals surface area contributed by atoms with Crippen molar-refractivity contribution in [3.8, 4) is 11.1 Å². The van der Waals surface area contributed by atoms with E-state index in [0.717, 1.165) is 22.9 Å². The number of hydrogen-bond acceptors (Lipinski definition) is 3. The summed E-state index contributed by atoms with van der Waals surface area (Å²) in [6, 6.07) is 3.70. The molecule has 0 N–H and O–H groups in total. The summed E-state index contributed by atoms with van der Waals surface area (Å²) >= 11 is -2.04. The van der Waals surface area contributed by atoms with E-state index in [9.17, 15) is 22.5 Å². The third-order valence-corrected chi connectivity index (χ3v) is 5.19. The van der Waals surface area contributed by atoms with Crippen LogP contribution in [-0.4, -0.2) is 20.6 Å². The van der Waals surface area contributed by atoms with E-state index in [1.807, 2.05) is 32.9 Å². The number of benzene rings is 1. The van der Waals surface area contributed by atoms with Crippen LogP contribution in [0.15, 0.2) is 21.8 Å². The predicted octanol–water partition coefficient (Wildman–Crippen LogP) is 3.64. The molecule has 2 aromatic rings. The molecule has 1 atom stereocenters. The summed E-state index contributed by atoms with van der Waals surface area (Å²) in [5.74, 6) is 0. The first-order valence-corrected chi connectivity index (χ1v) is 9.73. The van der Waals surface area contributed by atoms with Crippen LogP contribution in [0.5, 0.6) is 0 Å². The summed E-state index contributed by atoms with van der Waals surface area (Å²) in [6.45, 7) is 5.64. The molecule has 2 rings (SSSR count). The fraction of sp³-hybridized carbons (Fsp3) is 0.444. The second-order valence-corrected chi connectivity index (χ2v) is 7.42. The topological polar surface area (TPSA) is 58.0 Å². The van der Waals surface area contributed by atoms with Crippen LogP contribution in [0.3, 0.4) is 0 Å².